The predicted octanol–water partition coefficient (Wildman–Crippen LogP) is 5.06. The molecule has 0 aromatic carbocycles. The molecule has 22 heavy (non-hydrogen) atoms. The third-order valence-corrected chi connectivity index (χ3v) is 7.58. The summed E-state index contributed by atoms with van der Waals surface area (Å²) in [5, 5.41) is 0. The van der Waals surface area contributed by atoms with Crippen LogP contribution in [-0.4, -0.2) is 11.6 Å². The highest BCUT2D eigenvalue weighted by molar-refractivity contribution is 5.74. The van der Waals surface area contributed by atoms with Crippen LogP contribution in [0.3, 0.4) is 0 Å². The molecule has 3 rings (SSSR count). The van der Waals surface area contributed by atoms with Gasteiger partial charge in [-0.05, 0) is 81.0 Å². The van der Waals surface area contributed by atoms with Crippen LogP contribution in [0.1, 0.15) is 73.1 Å². The van der Waals surface area contributed by atoms with E-state index in [1.807, 2.05) is 0 Å². The Morgan fingerprint density at radius 2 is 1.73 bits per heavy atom. The second-order valence-corrected chi connectivity index (χ2v) is 9.17. The maximum absolute atomic E-state index is 12.8. The highest BCUT2D eigenvalue weighted by atomic mass is 16.6. The molecule has 0 aromatic rings. The summed E-state index contributed by atoms with van der Waals surface area (Å²) < 4.78 is 6.09. The van der Waals surface area contributed by atoms with E-state index in [-0.39, 0.29) is 17.5 Å². The molecule has 0 aliphatic heterocycles. The second-order valence-electron chi connectivity index (χ2n) is 9.17. The van der Waals surface area contributed by atoms with E-state index < -0.39 is 0 Å². The van der Waals surface area contributed by atoms with Crippen LogP contribution in [0.4, 0.5) is 0 Å². The van der Waals surface area contributed by atoms with E-state index in [2.05, 4.69) is 34.6 Å². The first-order valence-electron chi connectivity index (χ1n) is 9.53. The quantitative estimate of drug-likeness (QED) is 0.681. The average Bonchev–Trinajstić information content (AvgIpc) is 3.00. The van der Waals surface area contributed by atoms with Gasteiger partial charge in [-0.15, -0.1) is 0 Å². The Bertz CT molecular complexity index is 417. The Morgan fingerprint density at radius 1 is 1.09 bits per heavy atom. The average molecular weight is 306 g/mol. The van der Waals surface area contributed by atoms with E-state index >= 15 is 0 Å². The summed E-state index contributed by atoms with van der Waals surface area (Å²) in [5.41, 5.74) is -0.195. The van der Waals surface area contributed by atoms with Crippen molar-refractivity contribution in [3.05, 3.63) is 0 Å². The van der Waals surface area contributed by atoms with Crippen LogP contribution >= 0.6 is 0 Å². The molecular weight excluding hydrogens is 272 g/mol. The molecule has 0 spiro atoms. The molecule has 2 bridgehead atoms. The van der Waals surface area contributed by atoms with Gasteiger partial charge in [0.1, 0.15) is 5.60 Å². The Kier molecular flexibility index (Phi) is 4.33. The van der Waals surface area contributed by atoms with Crippen molar-refractivity contribution in [1.82, 2.24) is 0 Å². The number of hydrogen-bond donors (Lipinski definition) is 0. The monoisotopic (exact) mass is 306 g/mol. The topological polar surface area (TPSA) is 26.3 Å². The van der Waals surface area contributed by atoms with Crippen LogP contribution in [0.25, 0.3) is 0 Å². The van der Waals surface area contributed by atoms with Gasteiger partial charge in [0, 0.05) is 0 Å². The van der Waals surface area contributed by atoms with Gasteiger partial charge in [-0.25, -0.2) is 0 Å². The van der Waals surface area contributed by atoms with Crippen molar-refractivity contribution in [1.29, 1.82) is 0 Å². The minimum Gasteiger partial charge on any atom is -0.459 e. The first kappa shape index (κ1) is 16.3. The Hall–Kier alpha value is -0.530. The van der Waals surface area contributed by atoms with Gasteiger partial charge < -0.3 is 4.74 Å². The van der Waals surface area contributed by atoms with Crippen molar-refractivity contribution in [2.24, 2.45) is 41.4 Å². The normalized spacial score (nSPS) is 47.9. The highest BCUT2D eigenvalue weighted by Gasteiger charge is 2.52. The van der Waals surface area contributed by atoms with Gasteiger partial charge in [0.05, 0.1) is 5.92 Å². The lowest BCUT2D eigenvalue weighted by Crippen LogP contribution is -2.40. The SMILES string of the molecule is CC(C)C1CCC(C)(OC(=O)C2CC3CC2C(C)C3C)CC1. The van der Waals surface area contributed by atoms with Gasteiger partial charge in [-0.2, -0.15) is 0 Å². The molecule has 3 saturated carbocycles. The van der Waals surface area contributed by atoms with Crippen molar-refractivity contribution in [2.45, 2.75) is 78.7 Å². The van der Waals surface area contributed by atoms with E-state index in [4.69, 9.17) is 4.74 Å². The number of hydrogen-bond acceptors (Lipinski definition) is 2. The van der Waals surface area contributed by atoms with Crippen LogP contribution in [-0.2, 0) is 9.53 Å². The molecule has 3 fully saturated rings. The van der Waals surface area contributed by atoms with Gasteiger partial charge in [0.15, 0.2) is 0 Å². The standard InChI is InChI=1S/C20H34O2/c1-12(2)15-6-8-20(5,9-7-15)22-19(21)18-11-16-10-17(18)14(4)13(16)3/h12-18H,6-11H2,1-5H3. The van der Waals surface area contributed by atoms with E-state index in [9.17, 15) is 4.79 Å². The summed E-state index contributed by atoms with van der Waals surface area (Å²) in [6.45, 7) is 11.5. The van der Waals surface area contributed by atoms with E-state index in [0.717, 1.165) is 42.9 Å². The lowest BCUT2D eigenvalue weighted by Gasteiger charge is -2.40. The van der Waals surface area contributed by atoms with Crippen molar-refractivity contribution >= 4 is 5.97 Å². The Morgan fingerprint density at radius 3 is 2.23 bits per heavy atom. The molecule has 2 heteroatoms. The van der Waals surface area contributed by atoms with Crippen molar-refractivity contribution in [3.8, 4) is 0 Å². The summed E-state index contributed by atoms with van der Waals surface area (Å²) in [4.78, 5) is 12.8. The fourth-order valence-corrected chi connectivity index (χ4v) is 5.55. The third-order valence-electron chi connectivity index (χ3n) is 7.58. The van der Waals surface area contributed by atoms with Crippen molar-refractivity contribution < 1.29 is 9.53 Å². The molecule has 5 unspecified atom stereocenters. The third kappa shape index (κ3) is 2.83. The molecule has 0 aromatic heterocycles. The fraction of sp³-hybridized carbons (Fsp3) is 0.950. The zero-order valence-corrected chi connectivity index (χ0v) is 15.1. The minimum absolute atomic E-state index is 0.122. The van der Waals surface area contributed by atoms with Crippen LogP contribution < -0.4 is 0 Å². The first-order valence-corrected chi connectivity index (χ1v) is 9.53. The molecule has 0 heterocycles. The maximum atomic E-state index is 12.8. The van der Waals surface area contributed by atoms with E-state index in [1.54, 1.807) is 0 Å². The van der Waals surface area contributed by atoms with Crippen LogP contribution in [0.2, 0.25) is 0 Å². The van der Waals surface area contributed by atoms with E-state index in [0.29, 0.717) is 11.8 Å². The molecule has 3 aliphatic rings. The number of carbonyl (C=O) groups excluding carboxylic acids is 1. The number of fused-ring (bicyclic) bond motifs is 2. The van der Waals surface area contributed by atoms with E-state index in [1.165, 1.54) is 19.3 Å². The van der Waals surface area contributed by atoms with Crippen LogP contribution in [0.5, 0.6) is 0 Å². The predicted molar refractivity (Wildman–Crippen MR) is 89.3 cm³/mol. The summed E-state index contributed by atoms with van der Waals surface area (Å²) in [6, 6.07) is 0. The summed E-state index contributed by atoms with van der Waals surface area (Å²) in [5.74, 6) is 4.73. The molecular formula is C20H34O2. The van der Waals surface area contributed by atoms with Crippen molar-refractivity contribution in [2.75, 3.05) is 0 Å². The van der Waals surface area contributed by atoms with Gasteiger partial charge in [0.2, 0.25) is 0 Å². The van der Waals surface area contributed by atoms with Crippen LogP contribution in [0.15, 0.2) is 0 Å². The number of esters is 1. The lowest BCUT2D eigenvalue weighted by molar-refractivity contribution is -0.170. The Balaban J connectivity index is 1.57. The molecule has 0 saturated heterocycles. The largest absolute Gasteiger partial charge is 0.459 e. The van der Waals surface area contributed by atoms with Gasteiger partial charge in [-0.3, -0.25) is 4.79 Å². The first-order chi connectivity index (χ1) is 10.3. The molecule has 2 nitrogen and oxygen atoms in total. The fourth-order valence-electron chi connectivity index (χ4n) is 5.55. The molecule has 0 N–H and O–H groups in total. The maximum Gasteiger partial charge on any atom is 0.309 e. The minimum atomic E-state index is -0.195. The molecule has 3 aliphatic carbocycles. The number of carbonyl (C=O) groups is 1. The zero-order chi connectivity index (χ0) is 16.1. The molecule has 0 amide bonds. The summed E-state index contributed by atoms with van der Waals surface area (Å²) in [7, 11) is 0. The zero-order valence-electron chi connectivity index (χ0n) is 15.1. The van der Waals surface area contributed by atoms with Gasteiger partial charge in [0.25, 0.3) is 0 Å². The Labute approximate surface area is 136 Å². The number of rotatable bonds is 3. The number of ether oxygens (including phenoxy) is 1. The molecule has 0 radical (unpaired) electrons. The molecule has 126 valence electrons. The smallest absolute Gasteiger partial charge is 0.309 e. The second kappa shape index (κ2) is 5.83. The summed E-state index contributed by atoms with van der Waals surface area (Å²) in [6.07, 6.45) is 6.87. The van der Waals surface area contributed by atoms with Crippen molar-refractivity contribution in [3.63, 3.8) is 0 Å². The summed E-state index contributed by atoms with van der Waals surface area (Å²) >= 11 is 0. The highest BCUT2D eigenvalue weighted by Crippen LogP contribution is 2.55. The lowest BCUT2D eigenvalue weighted by atomic mass is 9.74. The van der Waals surface area contributed by atoms with Crippen LogP contribution in [0, 0.1) is 41.4 Å². The van der Waals surface area contributed by atoms with Gasteiger partial charge in [-0.1, -0.05) is 27.7 Å². The molecule has 5 atom stereocenters. The van der Waals surface area contributed by atoms with Gasteiger partial charge >= 0.3 is 5.97 Å².